The molecule has 1 saturated heterocycles. The van der Waals surface area contributed by atoms with Crippen LogP contribution in [0, 0.1) is 5.92 Å². The van der Waals surface area contributed by atoms with E-state index in [0.29, 0.717) is 17.6 Å². The molecule has 2 N–H and O–H groups in total. The van der Waals surface area contributed by atoms with Crippen molar-refractivity contribution < 1.29 is 4.79 Å². The van der Waals surface area contributed by atoms with E-state index >= 15 is 0 Å². The fraction of sp³-hybridized carbons (Fsp3) is 0.417. The van der Waals surface area contributed by atoms with E-state index < -0.39 is 0 Å². The number of rotatable bonds is 3. The van der Waals surface area contributed by atoms with Crippen LogP contribution in [0.2, 0.25) is 5.15 Å². The average Bonchev–Trinajstić information content (AvgIpc) is 3.01. The molecule has 0 radical (unpaired) electrons. The molecule has 2 aromatic rings. The lowest BCUT2D eigenvalue weighted by Crippen LogP contribution is -2.41. The number of carbonyl (C=O) groups is 1. The van der Waals surface area contributed by atoms with Crippen LogP contribution in [0.1, 0.15) is 12.8 Å². The van der Waals surface area contributed by atoms with Gasteiger partial charge in [0.25, 0.3) is 0 Å². The second kappa shape index (κ2) is 6.04. The highest BCUT2D eigenvalue weighted by atomic mass is 35.5. The second-order valence-electron chi connectivity index (χ2n) is 4.82. The largest absolute Gasteiger partial charge is 0.354 e. The van der Waals surface area contributed by atoms with Gasteiger partial charge in [-0.05, 0) is 25.0 Å². The van der Waals surface area contributed by atoms with E-state index in [1.807, 2.05) is 11.0 Å². The first-order valence-electron chi connectivity index (χ1n) is 6.63. The predicted octanol–water partition coefficient (Wildman–Crippen LogP) is 1.10. The Balaban J connectivity index is 1.65. The molecular weight excluding hydrogens is 294 g/mol. The van der Waals surface area contributed by atoms with Gasteiger partial charge in [0.2, 0.25) is 11.9 Å². The third-order valence-electron chi connectivity index (χ3n) is 3.39. The smallest absolute Gasteiger partial charge is 0.231 e. The Morgan fingerprint density at radius 1 is 1.43 bits per heavy atom. The summed E-state index contributed by atoms with van der Waals surface area (Å²) in [5, 5.41) is 17.3. The number of halogens is 1. The molecule has 0 bridgehead atoms. The van der Waals surface area contributed by atoms with Gasteiger partial charge in [-0.15, -0.1) is 10.2 Å². The summed E-state index contributed by atoms with van der Waals surface area (Å²) < 4.78 is 0. The SMILES string of the molecule is O=C(Nc1ncn[nH]1)C1CCCN(c2ccc(Cl)nn2)C1. The van der Waals surface area contributed by atoms with Crippen molar-refractivity contribution in [1.29, 1.82) is 0 Å². The number of hydrogen-bond acceptors (Lipinski definition) is 6. The number of nitrogens with one attached hydrogen (secondary N) is 2. The van der Waals surface area contributed by atoms with Crippen molar-refractivity contribution in [2.45, 2.75) is 12.8 Å². The van der Waals surface area contributed by atoms with E-state index in [-0.39, 0.29) is 11.8 Å². The molecule has 3 rings (SSSR count). The molecule has 110 valence electrons. The number of aromatic amines is 1. The minimum absolute atomic E-state index is 0.0710. The topological polar surface area (TPSA) is 99.7 Å². The van der Waals surface area contributed by atoms with Crippen LogP contribution < -0.4 is 10.2 Å². The number of hydrogen-bond donors (Lipinski definition) is 2. The number of aromatic nitrogens is 5. The number of H-pyrrole nitrogens is 1. The van der Waals surface area contributed by atoms with Gasteiger partial charge in [-0.25, -0.2) is 5.10 Å². The summed E-state index contributed by atoms with van der Waals surface area (Å²) in [6.07, 6.45) is 3.10. The quantitative estimate of drug-likeness (QED) is 0.881. The summed E-state index contributed by atoms with van der Waals surface area (Å²) in [5.74, 6) is 0.902. The number of carbonyl (C=O) groups excluding carboxylic acids is 1. The molecule has 21 heavy (non-hydrogen) atoms. The van der Waals surface area contributed by atoms with Crippen LogP contribution in [0.5, 0.6) is 0 Å². The average molecular weight is 308 g/mol. The van der Waals surface area contributed by atoms with Gasteiger partial charge in [0.15, 0.2) is 11.0 Å². The van der Waals surface area contributed by atoms with Crippen LogP contribution >= 0.6 is 11.6 Å². The molecule has 1 aliphatic heterocycles. The first-order chi connectivity index (χ1) is 10.2. The maximum absolute atomic E-state index is 12.2. The maximum Gasteiger partial charge on any atom is 0.231 e. The van der Waals surface area contributed by atoms with Crippen molar-refractivity contribution in [1.82, 2.24) is 25.4 Å². The maximum atomic E-state index is 12.2. The lowest BCUT2D eigenvalue weighted by Gasteiger charge is -2.32. The van der Waals surface area contributed by atoms with Gasteiger partial charge in [0.1, 0.15) is 6.33 Å². The number of nitrogens with zero attached hydrogens (tertiary/aromatic N) is 5. The van der Waals surface area contributed by atoms with E-state index in [4.69, 9.17) is 11.6 Å². The molecule has 0 aromatic carbocycles. The van der Waals surface area contributed by atoms with Gasteiger partial charge in [0.05, 0.1) is 5.92 Å². The van der Waals surface area contributed by atoms with E-state index in [1.165, 1.54) is 6.33 Å². The summed E-state index contributed by atoms with van der Waals surface area (Å²) in [5.41, 5.74) is 0. The Kier molecular flexibility index (Phi) is 3.96. The minimum Gasteiger partial charge on any atom is -0.354 e. The van der Waals surface area contributed by atoms with Crippen LogP contribution in [-0.2, 0) is 4.79 Å². The molecule has 1 unspecified atom stereocenters. The lowest BCUT2D eigenvalue weighted by atomic mass is 9.97. The monoisotopic (exact) mass is 307 g/mol. The summed E-state index contributed by atoms with van der Waals surface area (Å²) >= 11 is 5.74. The lowest BCUT2D eigenvalue weighted by molar-refractivity contribution is -0.120. The Bertz CT molecular complexity index is 601. The third-order valence-corrected chi connectivity index (χ3v) is 3.59. The summed E-state index contributed by atoms with van der Waals surface area (Å²) in [7, 11) is 0. The predicted molar refractivity (Wildman–Crippen MR) is 77.0 cm³/mol. The molecule has 1 aliphatic rings. The molecule has 3 heterocycles. The number of piperidine rings is 1. The number of amides is 1. The fourth-order valence-electron chi connectivity index (χ4n) is 2.36. The van der Waals surface area contributed by atoms with Crippen molar-refractivity contribution in [3.63, 3.8) is 0 Å². The minimum atomic E-state index is -0.124. The zero-order valence-corrected chi connectivity index (χ0v) is 11.9. The van der Waals surface area contributed by atoms with Crippen LogP contribution in [0.25, 0.3) is 0 Å². The summed E-state index contributed by atoms with van der Waals surface area (Å²) in [6, 6.07) is 3.51. The molecule has 1 atom stereocenters. The zero-order chi connectivity index (χ0) is 14.7. The van der Waals surface area contributed by atoms with E-state index in [2.05, 4.69) is 30.7 Å². The van der Waals surface area contributed by atoms with Crippen molar-refractivity contribution in [3.05, 3.63) is 23.6 Å². The first kappa shape index (κ1) is 13.7. The highest BCUT2D eigenvalue weighted by Crippen LogP contribution is 2.22. The fourth-order valence-corrected chi connectivity index (χ4v) is 2.46. The van der Waals surface area contributed by atoms with Crippen molar-refractivity contribution in [2.75, 3.05) is 23.3 Å². The molecule has 8 nitrogen and oxygen atoms in total. The van der Waals surface area contributed by atoms with Crippen LogP contribution in [-0.4, -0.2) is 44.4 Å². The molecule has 9 heteroatoms. The van der Waals surface area contributed by atoms with Gasteiger partial charge in [-0.1, -0.05) is 11.6 Å². The first-order valence-corrected chi connectivity index (χ1v) is 7.00. The van der Waals surface area contributed by atoms with Crippen molar-refractivity contribution in [2.24, 2.45) is 5.92 Å². The van der Waals surface area contributed by atoms with Crippen LogP contribution in [0.3, 0.4) is 0 Å². The molecule has 2 aromatic heterocycles. The number of anilines is 2. The second-order valence-corrected chi connectivity index (χ2v) is 5.21. The molecule has 0 aliphatic carbocycles. The molecular formula is C12H14ClN7O. The van der Waals surface area contributed by atoms with Gasteiger partial charge >= 0.3 is 0 Å². The van der Waals surface area contributed by atoms with E-state index in [0.717, 1.165) is 25.2 Å². The Morgan fingerprint density at radius 2 is 2.33 bits per heavy atom. The van der Waals surface area contributed by atoms with Crippen LogP contribution in [0.4, 0.5) is 11.8 Å². The van der Waals surface area contributed by atoms with Crippen molar-refractivity contribution in [3.8, 4) is 0 Å². The van der Waals surface area contributed by atoms with E-state index in [9.17, 15) is 4.79 Å². The highest BCUT2D eigenvalue weighted by molar-refractivity contribution is 6.29. The Labute approximate surface area is 125 Å². The summed E-state index contributed by atoms with van der Waals surface area (Å²) in [4.78, 5) is 18.1. The van der Waals surface area contributed by atoms with Crippen molar-refractivity contribution >= 4 is 29.3 Å². The Hall–Kier alpha value is -2.22. The van der Waals surface area contributed by atoms with Gasteiger partial charge < -0.3 is 4.90 Å². The normalized spacial score (nSPS) is 18.5. The van der Waals surface area contributed by atoms with Gasteiger partial charge in [-0.3, -0.25) is 10.1 Å². The van der Waals surface area contributed by atoms with Crippen LogP contribution in [0.15, 0.2) is 18.5 Å². The molecule has 1 fully saturated rings. The molecule has 0 saturated carbocycles. The zero-order valence-electron chi connectivity index (χ0n) is 11.2. The highest BCUT2D eigenvalue weighted by Gasteiger charge is 2.27. The standard InChI is InChI=1S/C12H14ClN7O/c13-9-3-4-10(18-17-9)20-5-1-2-8(6-20)11(21)16-12-14-7-15-19-12/h3-4,7-8H,1-2,5-6H2,(H2,14,15,16,19,21). The van der Waals surface area contributed by atoms with Gasteiger partial charge in [0, 0.05) is 13.1 Å². The van der Waals surface area contributed by atoms with E-state index in [1.54, 1.807) is 6.07 Å². The molecule has 0 spiro atoms. The Morgan fingerprint density at radius 3 is 3.05 bits per heavy atom. The van der Waals surface area contributed by atoms with Gasteiger partial charge in [-0.2, -0.15) is 10.1 Å². The summed E-state index contributed by atoms with van der Waals surface area (Å²) in [6.45, 7) is 1.44. The molecule has 1 amide bonds. The third kappa shape index (κ3) is 3.27.